The molecule has 0 saturated heterocycles. The van der Waals surface area contributed by atoms with E-state index >= 15 is 0 Å². The zero-order valence-corrected chi connectivity index (χ0v) is 13.0. The van der Waals surface area contributed by atoms with Crippen LogP contribution in [0.2, 0.25) is 5.02 Å². The first-order valence-corrected chi connectivity index (χ1v) is 7.65. The Hall–Kier alpha value is -1.26. The van der Waals surface area contributed by atoms with E-state index in [0.717, 1.165) is 25.7 Å². The summed E-state index contributed by atoms with van der Waals surface area (Å²) in [4.78, 5) is 11.4. The number of benzene rings is 1. The topological polar surface area (TPSA) is 44.8 Å². The zero-order valence-electron chi connectivity index (χ0n) is 12.2. The van der Waals surface area contributed by atoms with Crippen molar-refractivity contribution in [1.29, 1.82) is 0 Å². The molecule has 0 amide bonds. The molecular formula is C16H21ClO4. The van der Waals surface area contributed by atoms with Crippen molar-refractivity contribution < 1.29 is 19.0 Å². The Bertz CT molecular complexity index is 455. The van der Waals surface area contributed by atoms with Crippen molar-refractivity contribution in [3.8, 4) is 5.75 Å². The highest BCUT2D eigenvalue weighted by Crippen LogP contribution is 2.27. The highest BCUT2D eigenvalue weighted by Gasteiger charge is 2.27. The lowest BCUT2D eigenvalue weighted by atomic mass is 9.87. The van der Waals surface area contributed by atoms with E-state index in [1.165, 1.54) is 7.11 Å². The predicted octanol–water partition coefficient (Wildman–Crippen LogP) is 3.47. The van der Waals surface area contributed by atoms with E-state index in [9.17, 15) is 4.79 Å². The van der Waals surface area contributed by atoms with E-state index in [1.807, 2.05) is 18.2 Å². The van der Waals surface area contributed by atoms with Crippen molar-refractivity contribution >= 4 is 17.6 Å². The summed E-state index contributed by atoms with van der Waals surface area (Å²) in [6, 6.07) is 7.39. The average molecular weight is 313 g/mol. The number of methoxy groups -OCH3 is 1. The normalized spacial score (nSPS) is 21.8. The third kappa shape index (κ3) is 4.90. The molecule has 1 fully saturated rings. The van der Waals surface area contributed by atoms with Gasteiger partial charge in [-0.05, 0) is 37.8 Å². The van der Waals surface area contributed by atoms with Gasteiger partial charge in [-0.25, -0.2) is 0 Å². The summed E-state index contributed by atoms with van der Waals surface area (Å²) in [6.07, 6.45) is 3.67. The van der Waals surface area contributed by atoms with Crippen LogP contribution in [-0.4, -0.2) is 32.4 Å². The molecule has 0 spiro atoms. The minimum absolute atomic E-state index is 0.0363. The summed E-state index contributed by atoms with van der Waals surface area (Å²) in [5.74, 6) is 0.613. The maximum atomic E-state index is 11.4. The van der Waals surface area contributed by atoms with Crippen LogP contribution < -0.4 is 4.74 Å². The minimum Gasteiger partial charge on any atom is -0.490 e. The Morgan fingerprint density at radius 3 is 2.57 bits per heavy atom. The van der Waals surface area contributed by atoms with Gasteiger partial charge in [0.25, 0.3) is 0 Å². The molecule has 0 aliphatic heterocycles. The standard InChI is InChI=1S/C16H21ClO4/c1-19-16(18)12-6-8-13(9-7-12)20-10-11-21-15-5-3-2-4-14(15)17/h2-5,12-13H,6-11H2,1H3. The first-order valence-electron chi connectivity index (χ1n) is 7.27. The quantitative estimate of drug-likeness (QED) is 0.596. The molecule has 0 unspecified atom stereocenters. The van der Waals surface area contributed by atoms with Gasteiger partial charge in [-0.1, -0.05) is 23.7 Å². The highest BCUT2D eigenvalue weighted by molar-refractivity contribution is 6.32. The second-order valence-corrected chi connectivity index (χ2v) is 5.55. The van der Waals surface area contributed by atoms with Gasteiger partial charge in [-0.2, -0.15) is 0 Å². The fourth-order valence-electron chi connectivity index (χ4n) is 2.56. The number of carbonyl (C=O) groups is 1. The number of para-hydroxylation sites is 1. The summed E-state index contributed by atoms with van der Waals surface area (Å²) in [5, 5.41) is 0.607. The van der Waals surface area contributed by atoms with Gasteiger partial charge in [-0.3, -0.25) is 4.79 Å². The molecule has 1 aromatic carbocycles. The van der Waals surface area contributed by atoms with Gasteiger partial charge >= 0.3 is 5.97 Å². The Morgan fingerprint density at radius 1 is 1.19 bits per heavy atom. The summed E-state index contributed by atoms with van der Waals surface area (Å²) in [7, 11) is 1.44. The van der Waals surface area contributed by atoms with E-state index in [-0.39, 0.29) is 18.0 Å². The molecular weight excluding hydrogens is 292 g/mol. The summed E-state index contributed by atoms with van der Waals surface area (Å²) >= 11 is 6.00. The van der Waals surface area contributed by atoms with Crippen LogP contribution in [0.5, 0.6) is 5.75 Å². The second-order valence-electron chi connectivity index (χ2n) is 5.15. The van der Waals surface area contributed by atoms with E-state index < -0.39 is 0 Å². The van der Waals surface area contributed by atoms with Crippen molar-refractivity contribution in [2.45, 2.75) is 31.8 Å². The molecule has 0 atom stereocenters. The van der Waals surface area contributed by atoms with Crippen molar-refractivity contribution in [3.05, 3.63) is 29.3 Å². The summed E-state index contributed by atoms with van der Waals surface area (Å²) in [5.41, 5.74) is 0. The molecule has 1 saturated carbocycles. The smallest absolute Gasteiger partial charge is 0.308 e. The molecule has 0 heterocycles. The van der Waals surface area contributed by atoms with Crippen LogP contribution in [-0.2, 0) is 14.3 Å². The lowest BCUT2D eigenvalue weighted by molar-refractivity contribution is -0.147. The number of ether oxygens (including phenoxy) is 3. The third-order valence-corrected chi connectivity index (χ3v) is 4.05. The van der Waals surface area contributed by atoms with Gasteiger partial charge in [0.15, 0.2) is 0 Å². The number of halogens is 1. The Balaban J connectivity index is 1.62. The summed E-state index contributed by atoms with van der Waals surface area (Å²) < 4.78 is 16.1. The van der Waals surface area contributed by atoms with Crippen LogP contribution in [0.15, 0.2) is 24.3 Å². The molecule has 1 aliphatic rings. The van der Waals surface area contributed by atoms with E-state index in [1.54, 1.807) is 6.07 Å². The van der Waals surface area contributed by atoms with Crippen molar-refractivity contribution in [2.75, 3.05) is 20.3 Å². The first-order chi connectivity index (χ1) is 10.2. The fourth-order valence-corrected chi connectivity index (χ4v) is 2.75. The molecule has 1 aromatic rings. The lowest BCUT2D eigenvalue weighted by Crippen LogP contribution is -2.28. The van der Waals surface area contributed by atoms with Gasteiger partial charge in [-0.15, -0.1) is 0 Å². The molecule has 0 radical (unpaired) electrons. The number of rotatable bonds is 6. The maximum Gasteiger partial charge on any atom is 0.308 e. The van der Waals surface area contributed by atoms with Crippen LogP contribution in [0.4, 0.5) is 0 Å². The van der Waals surface area contributed by atoms with Crippen molar-refractivity contribution in [3.63, 3.8) is 0 Å². The van der Waals surface area contributed by atoms with Crippen molar-refractivity contribution in [1.82, 2.24) is 0 Å². The van der Waals surface area contributed by atoms with Gasteiger partial charge in [0, 0.05) is 0 Å². The van der Waals surface area contributed by atoms with Crippen LogP contribution >= 0.6 is 11.6 Å². The van der Waals surface area contributed by atoms with Crippen LogP contribution in [0.25, 0.3) is 0 Å². The monoisotopic (exact) mass is 312 g/mol. The minimum atomic E-state index is -0.101. The van der Waals surface area contributed by atoms with Gasteiger partial charge < -0.3 is 14.2 Å². The van der Waals surface area contributed by atoms with Crippen LogP contribution in [0, 0.1) is 5.92 Å². The van der Waals surface area contributed by atoms with E-state index in [2.05, 4.69) is 0 Å². The highest BCUT2D eigenvalue weighted by atomic mass is 35.5. The van der Waals surface area contributed by atoms with Crippen LogP contribution in [0.3, 0.4) is 0 Å². The molecule has 2 rings (SSSR count). The second kappa shape index (κ2) is 8.25. The molecule has 0 aromatic heterocycles. The van der Waals surface area contributed by atoms with Crippen LogP contribution in [0.1, 0.15) is 25.7 Å². The molecule has 116 valence electrons. The summed E-state index contributed by atoms with van der Waals surface area (Å²) in [6.45, 7) is 0.999. The van der Waals surface area contributed by atoms with Gasteiger partial charge in [0.1, 0.15) is 12.4 Å². The van der Waals surface area contributed by atoms with E-state index in [0.29, 0.717) is 24.0 Å². The number of esters is 1. The Labute approximate surface area is 130 Å². The van der Waals surface area contributed by atoms with Gasteiger partial charge in [0.05, 0.1) is 30.8 Å². The van der Waals surface area contributed by atoms with Gasteiger partial charge in [0.2, 0.25) is 0 Å². The number of hydrogen-bond donors (Lipinski definition) is 0. The molecule has 21 heavy (non-hydrogen) atoms. The lowest BCUT2D eigenvalue weighted by Gasteiger charge is -2.26. The number of carbonyl (C=O) groups excluding carboxylic acids is 1. The largest absolute Gasteiger partial charge is 0.490 e. The Kier molecular flexibility index (Phi) is 6.33. The third-order valence-electron chi connectivity index (χ3n) is 3.74. The molecule has 4 nitrogen and oxygen atoms in total. The number of hydrogen-bond acceptors (Lipinski definition) is 4. The molecule has 1 aliphatic carbocycles. The first kappa shape index (κ1) is 16.1. The molecule has 0 bridgehead atoms. The molecule has 0 N–H and O–H groups in total. The Morgan fingerprint density at radius 2 is 1.90 bits per heavy atom. The SMILES string of the molecule is COC(=O)C1CCC(OCCOc2ccccc2Cl)CC1. The predicted molar refractivity (Wildman–Crippen MR) is 80.7 cm³/mol. The van der Waals surface area contributed by atoms with Crippen molar-refractivity contribution in [2.24, 2.45) is 5.92 Å². The zero-order chi connectivity index (χ0) is 15.1. The average Bonchev–Trinajstić information content (AvgIpc) is 2.53. The van der Waals surface area contributed by atoms with E-state index in [4.69, 9.17) is 25.8 Å². The maximum absolute atomic E-state index is 11.4. The fraction of sp³-hybridized carbons (Fsp3) is 0.562. The molecule has 5 heteroatoms.